The molecular formula is C7H11N3O3. The van der Waals surface area contributed by atoms with Crippen LogP contribution in [0.15, 0.2) is 0 Å². The zero-order valence-corrected chi connectivity index (χ0v) is 7.06. The molecule has 2 aliphatic heterocycles. The highest BCUT2D eigenvalue weighted by Crippen LogP contribution is 2.18. The van der Waals surface area contributed by atoms with E-state index in [2.05, 4.69) is 5.32 Å². The van der Waals surface area contributed by atoms with E-state index in [1.807, 2.05) is 0 Å². The highest BCUT2D eigenvalue weighted by molar-refractivity contribution is 5.85. The molecule has 2 aliphatic rings. The smallest absolute Gasteiger partial charge is 0.343 e. The number of urea groups is 1. The molecule has 0 aromatic carbocycles. The molecule has 0 aliphatic carbocycles. The van der Waals surface area contributed by atoms with Gasteiger partial charge in [-0.25, -0.2) is 9.59 Å². The van der Waals surface area contributed by atoms with E-state index < -0.39 is 12.1 Å². The number of hydrogen-bond donors (Lipinski definition) is 2. The number of carboxylic acids is 1. The Morgan fingerprint density at radius 2 is 2.15 bits per heavy atom. The van der Waals surface area contributed by atoms with Gasteiger partial charge in [-0.15, -0.1) is 0 Å². The van der Waals surface area contributed by atoms with Crippen LogP contribution in [0.25, 0.3) is 0 Å². The lowest BCUT2D eigenvalue weighted by Gasteiger charge is -2.32. The molecule has 6 nitrogen and oxygen atoms in total. The highest BCUT2D eigenvalue weighted by atomic mass is 16.4. The maximum Gasteiger partial charge on any atom is 0.343 e. The largest absolute Gasteiger partial charge is 0.479 e. The summed E-state index contributed by atoms with van der Waals surface area (Å²) in [5, 5.41) is 14.2. The van der Waals surface area contributed by atoms with Crippen molar-refractivity contribution in [2.45, 2.75) is 19.0 Å². The number of carbonyl (C=O) groups is 2. The standard InChI is InChI=1S/C7H11N3O3/c11-6(12)5-8-7(13)10-4-2-1-3-9(5)10/h5H,1-4H2,(H,8,13)(H,11,12). The first kappa shape index (κ1) is 8.31. The molecular weight excluding hydrogens is 174 g/mol. The van der Waals surface area contributed by atoms with Crippen LogP contribution in [0.2, 0.25) is 0 Å². The van der Waals surface area contributed by atoms with E-state index in [0.717, 1.165) is 12.8 Å². The summed E-state index contributed by atoms with van der Waals surface area (Å²) in [5.41, 5.74) is 0. The Kier molecular flexibility index (Phi) is 1.84. The lowest BCUT2D eigenvalue weighted by molar-refractivity contribution is -0.148. The summed E-state index contributed by atoms with van der Waals surface area (Å²) in [6.07, 6.45) is 1.01. The summed E-state index contributed by atoms with van der Waals surface area (Å²) in [4.78, 5) is 22.0. The highest BCUT2D eigenvalue weighted by Gasteiger charge is 2.42. The molecule has 0 aromatic heterocycles. The normalized spacial score (nSPS) is 28.5. The van der Waals surface area contributed by atoms with Crippen LogP contribution in [0, 0.1) is 0 Å². The van der Waals surface area contributed by atoms with Crippen molar-refractivity contribution in [1.82, 2.24) is 15.3 Å². The molecule has 1 unspecified atom stereocenters. The lowest BCUT2D eigenvalue weighted by atomic mass is 10.2. The minimum atomic E-state index is -1.00. The molecule has 0 bridgehead atoms. The van der Waals surface area contributed by atoms with Crippen LogP contribution in [0.5, 0.6) is 0 Å². The molecule has 0 aromatic rings. The minimum Gasteiger partial charge on any atom is -0.479 e. The Labute approximate surface area is 75.1 Å². The quantitative estimate of drug-likeness (QED) is 0.574. The van der Waals surface area contributed by atoms with Crippen LogP contribution in [-0.2, 0) is 4.79 Å². The summed E-state index contributed by atoms with van der Waals surface area (Å²) in [6, 6.07) is -0.299. The number of nitrogens with zero attached hydrogens (tertiary/aromatic N) is 2. The molecule has 2 heterocycles. The predicted molar refractivity (Wildman–Crippen MR) is 42.6 cm³/mol. The van der Waals surface area contributed by atoms with Crippen molar-refractivity contribution in [3.63, 3.8) is 0 Å². The Bertz CT molecular complexity index is 255. The first-order valence-corrected chi connectivity index (χ1v) is 4.27. The number of hydrogen-bond acceptors (Lipinski definition) is 3. The Hall–Kier alpha value is -1.30. The van der Waals surface area contributed by atoms with Gasteiger partial charge in [-0.3, -0.25) is 5.01 Å². The van der Waals surface area contributed by atoms with Gasteiger partial charge >= 0.3 is 12.0 Å². The monoisotopic (exact) mass is 185 g/mol. The first-order chi connectivity index (χ1) is 6.20. The summed E-state index contributed by atoms with van der Waals surface area (Å²) in [7, 11) is 0. The van der Waals surface area contributed by atoms with E-state index in [-0.39, 0.29) is 6.03 Å². The van der Waals surface area contributed by atoms with Gasteiger partial charge in [0.1, 0.15) is 0 Å². The van der Waals surface area contributed by atoms with Gasteiger partial charge in [-0.2, -0.15) is 5.01 Å². The third kappa shape index (κ3) is 1.23. The van der Waals surface area contributed by atoms with Crippen molar-refractivity contribution < 1.29 is 14.7 Å². The molecule has 2 fully saturated rings. The number of rotatable bonds is 1. The minimum absolute atomic E-state index is 0.299. The summed E-state index contributed by atoms with van der Waals surface area (Å²) in [6.45, 7) is 1.26. The number of hydrazine groups is 1. The van der Waals surface area contributed by atoms with Crippen molar-refractivity contribution in [3.8, 4) is 0 Å². The van der Waals surface area contributed by atoms with Gasteiger partial charge in [0.2, 0.25) is 6.17 Å². The number of carbonyl (C=O) groups excluding carboxylic acids is 1. The molecule has 0 radical (unpaired) electrons. The number of amides is 2. The van der Waals surface area contributed by atoms with Crippen LogP contribution in [0.1, 0.15) is 12.8 Å². The molecule has 6 heteroatoms. The number of carboxylic acid groups (broad SMARTS) is 1. The molecule has 0 saturated carbocycles. The second-order valence-corrected chi connectivity index (χ2v) is 3.18. The van der Waals surface area contributed by atoms with E-state index in [0.29, 0.717) is 13.1 Å². The average molecular weight is 185 g/mol. The van der Waals surface area contributed by atoms with Gasteiger partial charge in [0.25, 0.3) is 0 Å². The van der Waals surface area contributed by atoms with E-state index in [4.69, 9.17) is 5.11 Å². The fraction of sp³-hybridized carbons (Fsp3) is 0.714. The van der Waals surface area contributed by atoms with Crippen molar-refractivity contribution in [3.05, 3.63) is 0 Å². The molecule has 2 saturated heterocycles. The Morgan fingerprint density at radius 3 is 2.85 bits per heavy atom. The molecule has 0 spiro atoms. The SMILES string of the molecule is O=C(O)C1NC(=O)N2CCCCN12. The van der Waals surface area contributed by atoms with Gasteiger partial charge in [0.05, 0.1) is 0 Å². The summed E-state index contributed by atoms with van der Waals surface area (Å²) >= 11 is 0. The van der Waals surface area contributed by atoms with Crippen LogP contribution in [0.3, 0.4) is 0 Å². The van der Waals surface area contributed by atoms with Gasteiger partial charge in [0.15, 0.2) is 0 Å². The number of fused-ring (bicyclic) bond motifs is 1. The third-order valence-electron chi connectivity index (χ3n) is 2.34. The maximum atomic E-state index is 11.2. The number of aliphatic carboxylic acids is 1. The fourth-order valence-corrected chi connectivity index (χ4v) is 1.73. The number of nitrogens with one attached hydrogen (secondary N) is 1. The van der Waals surface area contributed by atoms with Gasteiger partial charge in [0, 0.05) is 13.1 Å². The third-order valence-corrected chi connectivity index (χ3v) is 2.34. The summed E-state index contributed by atoms with van der Waals surface area (Å²) < 4.78 is 0. The average Bonchev–Trinajstić information content (AvgIpc) is 2.45. The van der Waals surface area contributed by atoms with Crippen molar-refractivity contribution in [2.24, 2.45) is 0 Å². The first-order valence-electron chi connectivity index (χ1n) is 4.27. The second-order valence-electron chi connectivity index (χ2n) is 3.18. The second kappa shape index (κ2) is 2.88. The zero-order chi connectivity index (χ0) is 9.42. The van der Waals surface area contributed by atoms with E-state index >= 15 is 0 Å². The topological polar surface area (TPSA) is 72.9 Å². The predicted octanol–water partition coefficient (Wildman–Crippen LogP) is -0.567. The van der Waals surface area contributed by atoms with Crippen LogP contribution in [-0.4, -0.2) is 46.4 Å². The summed E-state index contributed by atoms with van der Waals surface area (Å²) in [5.74, 6) is -1.00. The molecule has 2 N–H and O–H groups in total. The van der Waals surface area contributed by atoms with Crippen molar-refractivity contribution >= 4 is 12.0 Å². The van der Waals surface area contributed by atoms with E-state index in [1.165, 1.54) is 5.01 Å². The van der Waals surface area contributed by atoms with Crippen molar-refractivity contribution in [2.75, 3.05) is 13.1 Å². The van der Waals surface area contributed by atoms with Crippen LogP contribution >= 0.6 is 0 Å². The molecule has 2 amide bonds. The van der Waals surface area contributed by atoms with Crippen LogP contribution in [0.4, 0.5) is 4.79 Å². The fourth-order valence-electron chi connectivity index (χ4n) is 1.73. The maximum absolute atomic E-state index is 11.2. The van der Waals surface area contributed by atoms with E-state index in [9.17, 15) is 9.59 Å². The Morgan fingerprint density at radius 1 is 1.46 bits per heavy atom. The molecule has 2 rings (SSSR count). The Balaban J connectivity index is 2.17. The molecule has 72 valence electrons. The zero-order valence-electron chi connectivity index (χ0n) is 7.06. The molecule has 13 heavy (non-hydrogen) atoms. The van der Waals surface area contributed by atoms with Crippen molar-refractivity contribution in [1.29, 1.82) is 0 Å². The molecule has 1 atom stereocenters. The van der Waals surface area contributed by atoms with E-state index in [1.54, 1.807) is 5.01 Å². The van der Waals surface area contributed by atoms with Gasteiger partial charge in [-0.05, 0) is 12.8 Å². The lowest BCUT2D eigenvalue weighted by Crippen LogP contribution is -2.49. The van der Waals surface area contributed by atoms with Gasteiger partial charge < -0.3 is 10.4 Å². The van der Waals surface area contributed by atoms with Gasteiger partial charge in [-0.1, -0.05) is 0 Å². The van der Waals surface area contributed by atoms with Crippen LogP contribution < -0.4 is 5.32 Å².